The van der Waals surface area contributed by atoms with Crippen LogP contribution in [0.1, 0.15) is 18.0 Å². The Bertz CT molecular complexity index is 491. The minimum Gasteiger partial charge on any atom is -0.298 e. The van der Waals surface area contributed by atoms with Crippen molar-refractivity contribution in [1.82, 2.24) is 5.32 Å². The van der Waals surface area contributed by atoms with Crippen LogP contribution in [0.5, 0.6) is 0 Å². The normalized spacial score (nSPS) is 11.4. The van der Waals surface area contributed by atoms with Crippen molar-refractivity contribution in [3.63, 3.8) is 0 Å². The van der Waals surface area contributed by atoms with Gasteiger partial charge in [-0.3, -0.25) is 5.32 Å². The third-order valence-corrected chi connectivity index (χ3v) is 2.24. The number of benzene rings is 1. The zero-order valence-electron chi connectivity index (χ0n) is 9.48. The summed E-state index contributed by atoms with van der Waals surface area (Å²) in [4.78, 5) is 2.58. The topological polar surface area (TPSA) is 84.6 Å². The summed E-state index contributed by atoms with van der Waals surface area (Å²) >= 11 is 0. The van der Waals surface area contributed by atoms with Crippen LogP contribution in [0.3, 0.4) is 0 Å². The van der Waals surface area contributed by atoms with Crippen LogP contribution in [-0.4, -0.2) is 13.1 Å². The Labute approximate surface area is 103 Å². The van der Waals surface area contributed by atoms with Crippen LogP contribution < -0.4 is 5.32 Å². The van der Waals surface area contributed by atoms with Crippen molar-refractivity contribution < 1.29 is 8.78 Å². The van der Waals surface area contributed by atoms with Gasteiger partial charge in [-0.25, -0.2) is 8.78 Å². The van der Waals surface area contributed by atoms with E-state index < -0.39 is 17.7 Å². The predicted octanol–water partition coefficient (Wildman–Crippen LogP) is 2.82. The van der Waals surface area contributed by atoms with Crippen molar-refractivity contribution in [3.8, 4) is 6.07 Å². The molecule has 0 saturated heterocycles. The van der Waals surface area contributed by atoms with E-state index in [1.165, 1.54) is 0 Å². The lowest BCUT2D eigenvalue weighted by Crippen LogP contribution is -2.22. The molecule has 7 heteroatoms. The molecule has 0 aromatic heterocycles. The molecule has 0 amide bonds. The van der Waals surface area contributed by atoms with E-state index >= 15 is 0 Å². The number of nitriles is 1. The molecule has 0 heterocycles. The third-order valence-electron chi connectivity index (χ3n) is 2.24. The fourth-order valence-corrected chi connectivity index (χ4v) is 1.40. The van der Waals surface area contributed by atoms with Gasteiger partial charge in [0.05, 0.1) is 6.07 Å². The molecule has 0 spiro atoms. The molecule has 1 aromatic carbocycles. The number of halogens is 2. The van der Waals surface area contributed by atoms with Gasteiger partial charge in [-0.15, -0.1) is 0 Å². The fraction of sp³-hybridized carbons (Fsp3) is 0.364. The number of azide groups is 1. The lowest BCUT2D eigenvalue weighted by molar-refractivity contribution is 0.543. The van der Waals surface area contributed by atoms with Gasteiger partial charge in [0.25, 0.3) is 0 Å². The highest BCUT2D eigenvalue weighted by molar-refractivity contribution is 5.26. The monoisotopic (exact) mass is 251 g/mol. The van der Waals surface area contributed by atoms with E-state index in [0.29, 0.717) is 13.0 Å². The summed E-state index contributed by atoms with van der Waals surface area (Å²) in [6.45, 7) is 0.653. The van der Waals surface area contributed by atoms with Crippen LogP contribution in [0, 0.1) is 23.0 Å². The van der Waals surface area contributed by atoms with Crippen LogP contribution in [0.2, 0.25) is 0 Å². The predicted molar refractivity (Wildman–Crippen MR) is 61.3 cm³/mol. The Morgan fingerprint density at radius 2 is 2.28 bits per heavy atom. The average molecular weight is 251 g/mol. The number of hydrogen-bond donors (Lipinski definition) is 1. The standard InChI is InChI=1S/C11H11F2N5/c12-8-2-3-10(13)9(6-8)11(7-14)16-4-1-5-17-18-15/h2-3,6,11,16H,1,4-5H2. The first-order valence-electron chi connectivity index (χ1n) is 5.28. The Kier molecular flexibility index (Phi) is 5.58. The maximum Gasteiger partial charge on any atom is 0.129 e. The zero-order chi connectivity index (χ0) is 13.4. The molecule has 18 heavy (non-hydrogen) atoms. The second kappa shape index (κ2) is 7.22. The maximum absolute atomic E-state index is 13.4. The molecule has 1 unspecified atom stereocenters. The van der Waals surface area contributed by atoms with Crippen LogP contribution in [-0.2, 0) is 0 Å². The van der Waals surface area contributed by atoms with Gasteiger partial charge >= 0.3 is 0 Å². The van der Waals surface area contributed by atoms with Crippen LogP contribution in [0.15, 0.2) is 23.3 Å². The average Bonchev–Trinajstić information content (AvgIpc) is 2.37. The lowest BCUT2D eigenvalue weighted by atomic mass is 10.1. The van der Waals surface area contributed by atoms with E-state index in [4.69, 9.17) is 10.8 Å². The molecule has 1 N–H and O–H groups in total. The molecule has 0 radical (unpaired) electrons. The maximum atomic E-state index is 13.4. The Morgan fingerprint density at radius 3 is 2.94 bits per heavy atom. The zero-order valence-corrected chi connectivity index (χ0v) is 9.48. The van der Waals surface area contributed by atoms with E-state index in [2.05, 4.69) is 15.3 Å². The molecular weight excluding hydrogens is 240 g/mol. The number of nitrogens with zero attached hydrogens (tertiary/aromatic N) is 4. The van der Waals surface area contributed by atoms with Gasteiger partial charge in [0, 0.05) is 17.0 Å². The quantitative estimate of drug-likeness (QED) is 0.365. The number of nitrogens with one attached hydrogen (secondary N) is 1. The summed E-state index contributed by atoms with van der Waals surface area (Å²) in [5.74, 6) is -1.23. The van der Waals surface area contributed by atoms with E-state index in [0.717, 1.165) is 18.2 Å². The molecule has 0 aliphatic heterocycles. The first-order chi connectivity index (χ1) is 8.69. The summed E-state index contributed by atoms with van der Waals surface area (Å²) in [5.41, 5.74) is 8.03. The van der Waals surface area contributed by atoms with Crippen LogP contribution >= 0.6 is 0 Å². The first kappa shape index (κ1) is 13.9. The van der Waals surface area contributed by atoms with Crippen molar-refractivity contribution in [2.45, 2.75) is 12.5 Å². The van der Waals surface area contributed by atoms with Crippen molar-refractivity contribution in [1.29, 1.82) is 5.26 Å². The van der Waals surface area contributed by atoms with E-state index in [1.807, 2.05) is 6.07 Å². The molecule has 94 valence electrons. The van der Waals surface area contributed by atoms with Crippen LogP contribution in [0.4, 0.5) is 8.78 Å². The van der Waals surface area contributed by atoms with Gasteiger partial charge < -0.3 is 0 Å². The number of rotatable bonds is 6. The highest BCUT2D eigenvalue weighted by atomic mass is 19.1. The molecule has 0 fully saturated rings. The highest BCUT2D eigenvalue weighted by Crippen LogP contribution is 2.17. The van der Waals surface area contributed by atoms with Gasteiger partial charge in [0.2, 0.25) is 0 Å². The van der Waals surface area contributed by atoms with Gasteiger partial charge in [-0.1, -0.05) is 5.11 Å². The van der Waals surface area contributed by atoms with Gasteiger partial charge in [0.1, 0.15) is 17.7 Å². The SMILES string of the molecule is N#CC(NCCCN=[N+]=[N-])c1cc(F)ccc1F. The second-order valence-corrected chi connectivity index (χ2v) is 3.49. The van der Waals surface area contributed by atoms with Crippen molar-refractivity contribution in [2.75, 3.05) is 13.1 Å². The molecule has 0 aliphatic carbocycles. The molecule has 0 saturated carbocycles. The summed E-state index contributed by atoms with van der Waals surface area (Å²) < 4.78 is 26.4. The summed E-state index contributed by atoms with van der Waals surface area (Å²) in [6, 6.07) is 3.90. The summed E-state index contributed by atoms with van der Waals surface area (Å²) in [6.07, 6.45) is 0.513. The van der Waals surface area contributed by atoms with Gasteiger partial charge in [0.15, 0.2) is 0 Å². The minimum atomic E-state index is -0.924. The fourth-order valence-electron chi connectivity index (χ4n) is 1.40. The largest absolute Gasteiger partial charge is 0.298 e. The molecule has 1 aromatic rings. The number of hydrogen-bond acceptors (Lipinski definition) is 3. The van der Waals surface area contributed by atoms with Crippen molar-refractivity contribution >= 4 is 0 Å². The highest BCUT2D eigenvalue weighted by Gasteiger charge is 2.15. The molecule has 1 atom stereocenters. The van der Waals surface area contributed by atoms with E-state index in [-0.39, 0.29) is 12.1 Å². The smallest absolute Gasteiger partial charge is 0.129 e. The Hall–Kier alpha value is -2.16. The van der Waals surface area contributed by atoms with Crippen LogP contribution in [0.25, 0.3) is 10.4 Å². The Morgan fingerprint density at radius 1 is 1.50 bits per heavy atom. The second-order valence-electron chi connectivity index (χ2n) is 3.49. The summed E-state index contributed by atoms with van der Waals surface area (Å²) in [5, 5.41) is 15.0. The summed E-state index contributed by atoms with van der Waals surface area (Å²) in [7, 11) is 0. The van der Waals surface area contributed by atoms with E-state index in [9.17, 15) is 8.78 Å². The van der Waals surface area contributed by atoms with Gasteiger partial charge in [-0.2, -0.15) is 5.26 Å². The van der Waals surface area contributed by atoms with Crippen molar-refractivity contribution in [3.05, 3.63) is 45.8 Å². The van der Waals surface area contributed by atoms with E-state index in [1.54, 1.807) is 0 Å². The minimum absolute atomic E-state index is 0.0266. The van der Waals surface area contributed by atoms with Crippen molar-refractivity contribution in [2.24, 2.45) is 5.11 Å². The van der Waals surface area contributed by atoms with Gasteiger partial charge in [-0.05, 0) is 36.7 Å². The molecule has 5 nitrogen and oxygen atoms in total. The molecule has 0 aliphatic rings. The molecule has 1 rings (SSSR count). The first-order valence-corrected chi connectivity index (χ1v) is 5.28. The Balaban J connectivity index is 2.63. The molecular formula is C11H11F2N5. The molecule has 0 bridgehead atoms. The third kappa shape index (κ3) is 4.01. The lowest BCUT2D eigenvalue weighted by Gasteiger charge is -2.12.